The summed E-state index contributed by atoms with van der Waals surface area (Å²) in [5, 5.41) is 9.83. The number of hydrogen-bond acceptors (Lipinski definition) is 6. The van der Waals surface area contributed by atoms with Gasteiger partial charge in [-0.1, -0.05) is 48.5 Å². The highest BCUT2D eigenvalue weighted by Gasteiger charge is 2.65. The predicted octanol–water partition coefficient (Wildman–Crippen LogP) is 4.48. The lowest BCUT2D eigenvalue weighted by Gasteiger charge is -2.33. The third kappa shape index (κ3) is 4.01. The van der Waals surface area contributed by atoms with Crippen LogP contribution in [0, 0.1) is 12.8 Å². The molecule has 1 saturated carbocycles. The molecule has 1 saturated heterocycles. The van der Waals surface area contributed by atoms with Crippen LogP contribution in [-0.4, -0.2) is 45.1 Å². The van der Waals surface area contributed by atoms with Gasteiger partial charge in [0.2, 0.25) is 5.88 Å². The second kappa shape index (κ2) is 9.06. The molecule has 7 nitrogen and oxygen atoms in total. The standard InChI is InChI=1S/C27H29N3O4/c1-18-20(10-6-12-23(18)19-8-4-3-5-9-19)17-34-26-28-15-21(24(29-26)33-2)16-30-13-7-11-22-14-27(22,30)25(31)32/h3-6,8-10,12,15,22H,7,11,13-14,16-17H2,1-2H3,(H,31,32)/t22-,27+/m1/s1. The number of piperidine rings is 1. The maximum atomic E-state index is 12.0. The summed E-state index contributed by atoms with van der Waals surface area (Å²) in [5.41, 5.74) is 4.58. The van der Waals surface area contributed by atoms with E-state index in [0.29, 0.717) is 25.5 Å². The number of fused-ring (bicyclic) bond motifs is 1. The molecule has 0 unspecified atom stereocenters. The lowest BCUT2D eigenvalue weighted by atomic mass is 9.97. The molecular formula is C27H29N3O4. The molecule has 0 radical (unpaired) electrons. The van der Waals surface area contributed by atoms with Gasteiger partial charge < -0.3 is 14.6 Å². The van der Waals surface area contributed by atoms with Crippen LogP contribution in [0.2, 0.25) is 0 Å². The number of likely N-dealkylation sites (tertiary alicyclic amines) is 1. The maximum Gasteiger partial charge on any atom is 0.324 e. The van der Waals surface area contributed by atoms with Gasteiger partial charge in [-0.05, 0) is 60.9 Å². The predicted molar refractivity (Wildman–Crippen MR) is 128 cm³/mol. The fourth-order valence-electron chi connectivity index (χ4n) is 5.24. The summed E-state index contributed by atoms with van der Waals surface area (Å²) < 4.78 is 11.4. The normalized spacial score (nSPS) is 21.5. The van der Waals surface area contributed by atoms with Crippen LogP contribution in [0.3, 0.4) is 0 Å². The van der Waals surface area contributed by atoms with Gasteiger partial charge in [0.15, 0.2) is 0 Å². The number of carboxylic acid groups (broad SMARTS) is 1. The van der Waals surface area contributed by atoms with Crippen LogP contribution in [0.15, 0.2) is 54.7 Å². The first-order valence-corrected chi connectivity index (χ1v) is 11.7. The highest BCUT2D eigenvalue weighted by molar-refractivity contribution is 5.83. The molecular weight excluding hydrogens is 430 g/mol. The molecule has 0 spiro atoms. The Morgan fingerprint density at radius 3 is 2.76 bits per heavy atom. The molecule has 2 aliphatic rings. The third-order valence-corrected chi connectivity index (χ3v) is 7.23. The summed E-state index contributed by atoms with van der Waals surface area (Å²) >= 11 is 0. The average molecular weight is 460 g/mol. The first-order valence-electron chi connectivity index (χ1n) is 11.7. The highest BCUT2D eigenvalue weighted by Crippen LogP contribution is 2.54. The number of benzene rings is 2. The second-order valence-electron chi connectivity index (χ2n) is 9.13. The van der Waals surface area contributed by atoms with Gasteiger partial charge in [0, 0.05) is 18.3 Å². The molecule has 0 bridgehead atoms. The quantitative estimate of drug-likeness (QED) is 0.532. The molecule has 34 heavy (non-hydrogen) atoms. The molecule has 2 aromatic carbocycles. The number of hydrogen-bond donors (Lipinski definition) is 1. The summed E-state index contributed by atoms with van der Waals surface area (Å²) in [4.78, 5) is 22.9. The molecule has 5 rings (SSSR count). The topological polar surface area (TPSA) is 84.8 Å². The zero-order valence-corrected chi connectivity index (χ0v) is 19.5. The van der Waals surface area contributed by atoms with E-state index in [4.69, 9.17) is 9.47 Å². The number of nitrogens with zero attached hydrogens (tertiary/aromatic N) is 3. The number of carboxylic acids is 1. The molecule has 1 aliphatic carbocycles. The molecule has 1 aliphatic heterocycles. The monoisotopic (exact) mass is 459 g/mol. The molecule has 3 aromatic rings. The lowest BCUT2D eigenvalue weighted by Crippen LogP contribution is -2.47. The van der Waals surface area contributed by atoms with E-state index in [1.165, 1.54) is 11.1 Å². The van der Waals surface area contributed by atoms with E-state index in [1.54, 1.807) is 13.3 Å². The summed E-state index contributed by atoms with van der Waals surface area (Å²) in [6, 6.07) is 16.7. The fourth-order valence-corrected chi connectivity index (χ4v) is 5.24. The van der Waals surface area contributed by atoms with Crippen LogP contribution < -0.4 is 9.47 Å². The molecule has 2 heterocycles. The third-order valence-electron chi connectivity index (χ3n) is 7.23. The molecule has 1 N–H and O–H groups in total. The van der Waals surface area contributed by atoms with Crippen molar-refractivity contribution in [3.8, 4) is 23.0 Å². The van der Waals surface area contributed by atoms with Crippen molar-refractivity contribution in [2.45, 2.75) is 44.9 Å². The van der Waals surface area contributed by atoms with Crippen LogP contribution in [0.1, 0.15) is 36.0 Å². The lowest BCUT2D eigenvalue weighted by molar-refractivity contribution is -0.147. The number of aromatic nitrogens is 2. The fraction of sp³-hybridized carbons (Fsp3) is 0.370. The van der Waals surface area contributed by atoms with Crippen molar-refractivity contribution in [2.24, 2.45) is 5.92 Å². The van der Waals surface area contributed by atoms with Crippen LogP contribution in [0.5, 0.6) is 11.9 Å². The number of carbonyl (C=O) groups is 1. The molecule has 1 aromatic heterocycles. The van der Waals surface area contributed by atoms with Gasteiger partial charge in [-0.2, -0.15) is 4.98 Å². The van der Waals surface area contributed by atoms with Gasteiger partial charge in [-0.25, -0.2) is 4.98 Å². The second-order valence-corrected chi connectivity index (χ2v) is 9.13. The van der Waals surface area contributed by atoms with Crippen LogP contribution in [0.25, 0.3) is 11.1 Å². The number of aliphatic carboxylic acids is 1. The van der Waals surface area contributed by atoms with Crippen molar-refractivity contribution >= 4 is 5.97 Å². The van der Waals surface area contributed by atoms with Gasteiger partial charge in [0.25, 0.3) is 0 Å². The van der Waals surface area contributed by atoms with Gasteiger partial charge in [-0.15, -0.1) is 0 Å². The van der Waals surface area contributed by atoms with Crippen molar-refractivity contribution in [1.82, 2.24) is 14.9 Å². The number of methoxy groups -OCH3 is 1. The van der Waals surface area contributed by atoms with Crippen molar-refractivity contribution in [2.75, 3.05) is 13.7 Å². The molecule has 2 fully saturated rings. The first-order chi connectivity index (χ1) is 16.5. The Bertz CT molecular complexity index is 1200. The van der Waals surface area contributed by atoms with Crippen LogP contribution in [0.4, 0.5) is 0 Å². The Hall–Kier alpha value is -3.45. The maximum absolute atomic E-state index is 12.0. The Morgan fingerprint density at radius 1 is 1.18 bits per heavy atom. The van der Waals surface area contributed by atoms with Crippen molar-refractivity contribution < 1.29 is 19.4 Å². The van der Waals surface area contributed by atoms with Gasteiger partial charge in [0.05, 0.1) is 7.11 Å². The summed E-state index contributed by atoms with van der Waals surface area (Å²) in [5.74, 6) is -0.0728. The highest BCUT2D eigenvalue weighted by atomic mass is 16.5. The first kappa shape index (κ1) is 22.3. The average Bonchev–Trinajstić information content (AvgIpc) is 3.62. The van der Waals surface area contributed by atoms with Crippen molar-refractivity contribution in [1.29, 1.82) is 0 Å². The van der Waals surface area contributed by atoms with E-state index in [9.17, 15) is 9.90 Å². The Kier molecular flexibility index (Phi) is 5.96. The number of rotatable bonds is 8. The van der Waals surface area contributed by atoms with Crippen molar-refractivity contribution in [3.63, 3.8) is 0 Å². The SMILES string of the molecule is COc1nc(OCc2cccc(-c3ccccc3)c2C)ncc1CN1CCC[C@@H]2C[C@@]21C(=O)O. The minimum absolute atomic E-state index is 0.237. The van der Waals surface area contributed by atoms with E-state index in [0.717, 1.165) is 36.1 Å². The van der Waals surface area contributed by atoms with E-state index in [-0.39, 0.29) is 11.9 Å². The Balaban J connectivity index is 1.31. The van der Waals surface area contributed by atoms with Crippen LogP contribution in [-0.2, 0) is 17.9 Å². The smallest absolute Gasteiger partial charge is 0.324 e. The zero-order chi connectivity index (χ0) is 23.7. The Morgan fingerprint density at radius 2 is 2.00 bits per heavy atom. The minimum atomic E-state index is -0.736. The van der Waals surface area contributed by atoms with Gasteiger partial charge in [-0.3, -0.25) is 9.69 Å². The number of ether oxygens (including phenoxy) is 2. The molecule has 2 atom stereocenters. The van der Waals surface area contributed by atoms with Gasteiger partial charge in [0.1, 0.15) is 12.1 Å². The van der Waals surface area contributed by atoms with Gasteiger partial charge >= 0.3 is 12.0 Å². The molecule has 176 valence electrons. The largest absolute Gasteiger partial charge is 0.481 e. The van der Waals surface area contributed by atoms with Crippen molar-refractivity contribution in [3.05, 3.63) is 71.4 Å². The Labute approximate surface area is 199 Å². The molecule has 7 heteroatoms. The van der Waals surface area contributed by atoms with E-state index in [2.05, 4.69) is 35.1 Å². The van der Waals surface area contributed by atoms with E-state index >= 15 is 0 Å². The summed E-state index contributed by atoms with van der Waals surface area (Å²) in [7, 11) is 1.56. The van der Waals surface area contributed by atoms with E-state index in [1.807, 2.05) is 35.2 Å². The zero-order valence-electron chi connectivity index (χ0n) is 19.5. The van der Waals surface area contributed by atoms with Crippen LogP contribution >= 0.6 is 0 Å². The minimum Gasteiger partial charge on any atom is -0.481 e. The summed E-state index contributed by atoms with van der Waals surface area (Å²) in [6.45, 7) is 3.63. The summed E-state index contributed by atoms with van der Waals surface area (Å²) in [6.07, 6.45) is 4.39. The van der Waals surface area contributed by atoms with E-state index < -0.39 is 11.5 Å². The molecule has 0 amide bonds.